The van der Waals surface area contributed by atoms with E-state index in [2.05, 4.69) is 12.2 Å². The summed E-state index contributed by atoms with van der Waals surface area (Å²) in [5.74, 6) is 1.11. The number of nitrogens with two attached hydrogens (primary N) is 1. The first-order chi connectivity index (χ1) is 8.58. The van der Waals surface area contributed by atoms with Gasteiger partial charge in [-0.2, -0.15) is 0 Å². The summed E-state index contributed by atoms with van der Waals surface area (Å²) in [6.07, 6.45) is 4.21. The van der Waals surface area contributed by atoms with Crippen molar-refractivity contribution in [2.75, 3.05) is 13.2 Å². The Kier molecular flexibility index (Phi) is 6.65. The van der Waals surface area contributed by atoms with Gasteiger partial charge in [-0.25, -0.2) is 0 Å². The molecule has 0 saturated heterocycles. The quantitative estimate of drug-likeness (QED) is 0.728. The van der Waals surface area contributed by atoms with Crippen LogP contribution in [0.25, 0.3) is 0 Å². The molecular weight excluding hydrogens is 228 g/mol. The molecule has 1 aliphatic rings. The Balaban J connectivity index is 2.27. The fourth-order valence-corrected chi connectivity index (χ4v) is 2.45. The number of amides is 1. The molecule has 1 rings (SSSR count). The molecule has 0 heterocycles. The van der Waals surface area contributed by atoms with Crippen molar-refractivity contribution in [1.82, 2.24) is 5.32 Å². The lowest BCUT2D eigenvalue weighted by Crippen LogP contribution is -2.40. The van der Waals surface area contributed by atoms with Gasteiger partial charge in [-0.1, -0.05) is 13.3 Å². The molecule has 1 amide bonds. The Labute approximate surface area is 111 Å². The van der Waals surface area contributed by atoms with Gasteiger partial charge in [0.1, 0.15) is 6.10 Å². The average Bonchev–Trinajstić information content (AvgIpc) is 2.82. The second-order valence-corrected chi connectivity index (χ2v) is 5.48. The van der Waals surface area contributed by atoms with Crippen LogP contribution in [0.2, 0.25) is 0 Å². The van der Waals surface area contributed by atoms with E-state index in [1.54, 1.807) is 0 Å². The van der Waals surface area contributed by atoms with Gasteiger partial charge in [0.25, 0.3) is 0 Å². The number of hydrogen-bond acceptors (Lipinski definition) is 3. The van der Waals surface area contributed by atoms with Gasteiger partial charge in [0.05, 0.1) is 6.61 Å². The van der Waals surface area contributed by atoms with Gasteiger partial charge in [0.15, 0.2) is 0 Å². The summed E-state index contributed by atoms with van der Waals surface area (Å²) in [4.78, 5) is 11.8. The second-order valence-electron chi connectivity index (χ2n) is 5.48. The zero-order chi connectivity index (χ0) is 13.5. The largest absolute Gasteiger partial charge is 0.368 e. The summed E-state index contributed by atoms with van der Waals surface area (Å²) < 4.78 is 5.70. The summed E-state index contributed by atoms with van der Waals surface area (Å²) >= 11 is 0. The zero-order valence-corrected chi connectivity index (χ0v) is 11.9. The summed E-state index contributed by atoms with van der Waals surface area (Å²) in [5.41, 5.74) is 5.74. The molecule has 0 aromatic heterocycles. The number of ether oxygens (including phenoxy) is 1. The van der Waals surface area contributed by atoms with Gasteiger partial charge in [-0.3, -0.25) is 4.79 Å². The summed E-state index contributed by atoms with van der Waals surface area (Å²) in [7, 11) is 0. The van der Waals surface area contributed by atoms with Crippen molar-refractivity contribution in [3.8, 4) is 0 Å². The van der Waals surface area contributed by atoms with E-state index >= 15 is 0 Å². The van der Waals surface area contributed by atoms with E-state index in [0.717, 1.165) is 13.0 Å². The maximum absolute atomic E-state index is 11.8. The van der Waals surface area contributed by atoms with E-state index in [0.29, 0.717) is 18.4 Å². The van der Waals surface area contributed by atoms with Crippen molar-refractivity contribution in [2.24, 2.45) is 17.6 Å². The number of carbonyl (C=O) groups is 1. The number of rotatable bonds is 7. The minimum absolute atomic E-state index is 0.00774. The Morgan fingerprint density at radius 2 is 2.06 bits per heavy atom. The van der Waals surface area contributed by atoms with Crippen LogP contribution in [-0.4, -0.2) is 31.2 Å². The number of carbonyl (C=O) groups excluding carboxylic acids is 1. The number of hydrogen-bond donors (Lipinski definition) is 2. The van der Waals surface area contributed by atoms with Crippen molar-refractivity contribution >= 4 is 5.91 Å². The maximum Gasteiger partial charge on any atom is 0.249 e. The van der Waals surface area contributed by atoms with Crippen LogP contribution in [-0.2, 0) is 9.53 Å². The SMILES string of the molecule is CCC(C)NC(=O)C(C)OCC1CCCC1CN. The van der Waals surface area contributed by atoms with Gasteiger partial charge in [-0.05, 0) is 51.5 Å². The summed E-state index contributed by atoms with van der Waals surface area (Å²) in [5, 5.41) is 2.94. The molecule has 1 aliphatic carbocycles. The molecule has 3 N–H and O–H groups in total. The topological polar surface area (TPSA) is 64.3 Å². The zero-order valence-electron chi connectivity index (χ0n) is 11.9. The molecule has 1 saturated carbocycles. The molecule has 4 heteroatoms. The molecule has 0 bridgehead atoms. The standard InChI is InChI=1S/C14H28N2O2/c1-4-10(2)16-14(17)11(3)18-9-13-7-5-6-12(13)8-15/h10-13H,4-9,15H2,1-3H3,(H,16,17). The fraction of sp³-hybridized carbons (Fsp3) is 0.929. The Morgan fingerprint density at radius 3 is 2.67 bits per heavy atom. The highest BCUT2D eigenvalue weighted by Crippen LogP contribution is 2.31. The van der Waals surface area contributed by atoms with Crippen LogP contribution >= 0.6 is 0 Å². The normalized spacial score (nSPS) is 26.9. The van der Waals surface area contributed by atoms with E-state index in [1.807, 2.05) is 13.8 Å². The van der Waals surface area contributed by atoms with E-state index in [4.69, 9.17) is 10.5 Å². The number of nitrogens with one attached hydrogen (secondary N) is 1. The average molecular weight is 256 g/mol. The molecule has 18 heavy (non-hydrogen) atoms. The second kappa shape index (κ2) is 7.74. The molecule has 0 aromatic rings. The van der Waals surface area contributed by atoms with Gasteiger partial charge < -0.3 is 15.8 Å². The molecule has 4 atom stereocenters. The highest BCUT2D eigenvalue weighted by atomic mass is 16.5. The maximum atomic E-state index is 11.8. The molecule has 0 radical (unpaired) electrons. The van der Waals surface area contributed by atoms with Crippen LogP contribution in [0.4, 0.5) is 0 Å². The first-order valence-corrected chi connectivity index (χ1v) is 7.20. The van der Waals surface area contributed by atoms with Crippen molar-refractivity contribution in [2.45, 2.75) is 58.6 Å². The highest BCUT2D eigenvalue weighted by molar-refractivity contribution is 5.80. The summed E-state index contributed by atoms with van der Waals surface area (Å²) in [6.45, 7) is 7.29. The van der Waals surface area contributed by atoms with Gasteiger partial charge in [-0.15, -0.1) is 0 Å². The lowest BCUT2D eigenvalue weighted by molar-refractivity contribution is -0.133. The van der Waals surface area contributed by atoms with E-state index in [-0.39, 0.29) is 18.1 Å². The fourth-order valence-electron chi connectivity index (χ4n) is 2.45. The van der Waals surface area contributed by atoms with Crippen LogP contribution in [0.15, 0.2) is 0 Å². The van der Waals surface area contributed by atoms with Crippen LogP contribution in [0.5, 0.6) is 0 Å². The molecule has 1 fully saturated rings. The van der Waals surface area contributed by atoms with E-state index in [9.17, 15) is 4.79 Å². The monoisotopic (exact) mass is 256 g/mol. The third kappa shape index (κ3) is 4.58. The van der Waals surface area contributed by atoms with Gasteiger partial charge >= 0.3 is 0 Å². The third-order valence-corrected chi connectivity index (χ3v) is 4.05. The molecule has 4 unspecified atom stereocenters. The van der Waals surface area contributed by atoms with Crippen LogP contribution in [0.3, 0.4) is 0 Å². The van der Waals surface area contributed by atoms with Crippen molar-refractivity contribution in [3.63, 3.8) is 0 Å². The molecular formula is C14H28N2O2. The minimum Gasteiger partial charge on any atom is -0.368 e. The Morgan fingerprint density at radius 1 is 1.39 bits per heavy atom. The Bertz CT molecular complexity index is 258. The minimum atomic E-state index is -0.363. The smallest absolute Gasteiger partial charge is 0.249 e. The molecule has 0 aromatic carbocycles. The first kappa shape index (κ1) is 15.4. The first-order valence-electron chi connectivity index (χ1n) is 7.20. The van der Waals surface area contributed by atoms with Crippen molar-refractivity contribution < 1.29 is 9.53 Å². The van der Waals surface area contributed by atoms with Gasteiger partial charge in [0, 0.05) is 6.04 Å². The Hall–Kier alpha value is -0.610. The van der Waals surface area contributed by atoms with Crippen LogP contribution < -0.4 is 11.1 Å². The van der Waals surface area contributed by atoms with Crippen molar-refractivity contribution in [3.05, 3.63) is 0 Å². The lowest BCUT2D eigenvalue weighted by atomic mass is 9.97. The van der Waals surface area contributed by atoms with E-state index < -0.39 is 0 Å². The molecule has 0 aliphatic heterocycles. The lowest BCUT2D eigenvalue weighted by Gasteiger charge is -2.21. The molecule has 4 nitrogen and oxygen atoms in total. The van der Waals surface area contributed by atoms with E-state index in [1.165, 1.54) is 19.3 Å². The molecule has 0 spiro atoms. The van der Waals surface area contributed by atoms with Gasteiger partial charge in [0.2, 0.25) is 5.91 Å². The summed E-state index contributed by atoms with van der Waals surface area (Å²) in [6, 6.07) is 0.215. The van der Waals surface area contributed by atoms with Crippen molar-refractivity contribution in [1.29, 1.82) is 0 Å². The third-order valence-electron chi connectivity index (χ3n) is 4.05. The predicted molar refractivity (Wildman–Crippen MR) is 73.2 cm³/mol. The highest BCUT2D eigenvalue weighted by Gasteiger charge is 2.27. The van der Waals surface area contributed by atoms with Crippen LogP contribution in [0, 0.1) is 11.8 Å². The van der Waals surface area contributed by atoms with Crippen LogP contribution in [0.1, 0.15) is 46.5 Å². The molecule has 106 valence electrons. The predicted octanol–water partition coefficient (Wildman–Crippen LogP) is 1.68.